The third-order valence-corrected chi connectivity index (χ3v) is 3.77. The fraction of sp³-hybridized carbons (Fsp3) is 0.533. The average molecular weight is 277 g/mol. The van der Waals surface area contributed by atoms with Gasteiger partial charge in [-0.1, -0.05) is 13.0 Å². The lowest BCUT2D eigenvalue weighted by Gasteiger charge is -2.34. The summed E-state index contributed by atoms with van der Waals surface area (Å²) in [5, 5.41) is 12.5. The van der Waals surface area contributed by atoms with Crippen molar-refractivity contribution in [1.29, 1.82) is 0 Å². The van der Waals surface area contributed by atoms with E-state index < -0.39 is 0 Å². The molecule has 0 saturated carbocycles. The lowest BCUT2D eigenvalue weighted by molar-refractivity contribution is -0.116. The Morgan fingerprint density at radius 2 is 2.35 bits per heavy atom. The molecule has 1 aliphatic heterocycles. The second kappa shape index (κ2) is 6.72. The fourth-order valence-electron chi connectivity index (χ4n) is 2.52. The number of piperidine rings is 1. The maximum Gasteiger partial charge on any atom is 0.225 e. The number of nitrogens with one attached hydrogen (secondary N) is 1. The van der Waals surface area contributed by atoms with E-state index in [9.17, 15) is 9.90 Å². The Kier molecular flexibility index (Phi) is 4.98. The molecule has 0 radical (unpaired) electrons. The highest BCUT2D eigenvalue weighted by Crippen LogP contribution is 2.17. The quantitative estimate of drug-likeness (QED) is 0.725. The predicted octanol–water partition coefficient (Wildman–Crippen LogP) is 1.30. The first-order chi connectivity index (χ1) is 9.54. The molecular weight excluding hydrogens is 254 g/mol. The number of nitrogens with zero attached hydrogens (tertiary/aromatic N) is 1. The number of hydrogen-bond donors (Lipinski definition) is 3. The molecule has 2 unspecified atom stereocenters. The number of aliphatic hydroxyl groups excluding tert-OH is 1. The number of hydrogen-bond acceptors (Lipinski definition) is 4. The summed E-state index contributed by atoms with van der Waals surface area (Å²) in [5.41, 5.74) is 7.04. The molecule has 2 rings (SSSR count). The highest BCUT2D eigenvalue weighted by molar-refractivity contribution is 5.91. The summed E-state index contributed by atoms with van der Waals surface area (Å²) in [6.07, 6.45) is 1.04. The van der Waals surface area contributed by atoms with Crippen LogP contribution in [-0.4, -0.2) is 41.7 Å². The largest absolute Gasteiger partial charge is 0.399 e. The maximum atomic E-state index is 11.9. The van der Waals surface area contributed by atoms with Gasteiger partial charge in [0.25, 0.3) is 0 Å². The monoisotopic (exact) mass is 277 g/mol. The Morgan fingerprint density at radius 1 is 1.55 bits per heavy atom. The molecule has 1 heterocycles. The van der Waals surface area contributed by atoms with Gasteiger partial charge in [-0.3, -0.25) is 4.79 Å². The third kappa shape index (κ3) is 4.21. The van der Waals surface area contributed by atoms with E-state index >= 15 is 0 Å². The first-order valence-corrected chi connectivity index (χ1v) is 7.10. The van der Waals surface area contributed by atoms with Crippen LogP contribution in [-0.2, 0) is 4.79 Å². The minimum absolute atomic E-state index is 0.00521. The number of benzene rings is 1. The Hall–Kier alpha value is -1.59. The fourth-order valence-corrected chi connectivity index (χ4v) is 2.52. The molecule has 1 saturated heterocycles. The molecule has 0 spiro atoms. The SMILES string of the molecule is CC1CN(CCC(=O)Nc2cccc(N)c2)CCC1O. The van der Waals surface area contributed by atoms with Crippen molar-refractivity contribution in [2.75, 3.05) is 30.7 Å². The minimum Gasteiger partial charge on any atom is -0.399 e. The highest BCUT2D eigenvalue weighted by atomic mass is 16.3. The molecule has 110 valence electrons. The number of amides is 1. The van der Waals surface area contributed by atoms with Crippen LogP contribution < -0.4 is 11.1 Å². The van der Waals surface area contributed by atoms with Crippen molar-refractivity contribution in [2.45, 2.75) is 25.9 Å². The molecule has 1 aromatic rings. The molecule has 2 atom stereocenters. The summed E-state index contributed by atoms with van der Waals surface area (Å²) >= 11 is 0. The number of carbonyl (C=O) groups is 1. The Bertz CT molecular complexity index is 464. The summed E-state index contributed by atoms with van der Waals surface area (Å²) < 4.78 is 0. The van der Waals surface area contributed by atoms with Crippen molar-refractivity contribution >= 4 is 17.3 Å². The Balaban J connectivity index is 1.75. The van der Waals surface area contributed by atoms with Crippen LogP contribution in [0, 0.1) is 5.92 Å². The molecule has 1 fully saturated rings. The van der Waals surface area contributed by atoms with E-state index in [4.69, 9.17) is 5.73 Å². The lowest BCUT2D eigenvalue weighted by atomic mass is 9.97. The number of likely N-dealkylation sites (tertiary alicyclic amines) is 1. The van der Waals surface area contributed by atoms with Crippen LogP contribution in [0.2, 0.25) is 0 Å². The van der Waals surface area contributed by atoms with Crippen LogP contribution in [0.25, 0.3) is 0 Å². The molecular formula is C15H23N3O2. The molecule has 0 aromatic heterocycles. The van der Waals surface area contributed by atoms with Crippen LogP contribution in [0.5, 0.6) is 0 Å². The van der Waals surface area contributed by atoms with Gasteiger partial charge in [0.15, 0.2) is 0 Å². The summed E-state index contributed by atoms with van der Waals surface area (Å²) in [6, 6.07) is 7.18. The van der Waals surface area contributed by atoms with Gasteiger partial charge >= 0.3 is 0 Å². The second-order valence-corrected chi connectivity index (χ2v) is 5.56. The Morgan fingerprint density at radius 3 is 3.05 bits per heavy atom. The van der Waals surface area contributed by atoms with Crippen LogP contribution >= 0.6 is 0 Å². The van der Waals surface area contributed by atoms with Gasteiger partial charge in [-0.25, -0.2) is 0 Å². The van der Waals surface area contributed by atoms with E-state index in [0.29, 0.717) is 12.1 Å². The van der Waals surface area contributed by atoms with E-state index in [0.717, 1.165) is 31.7 Å². The van der Waals surface area contributed by atoms with Gasteiger partial charge in [-0.15, -0.1) is 0 Å². The summed E-state index contributed by atoms with van der Waals surface area (Å²) in [7, 11) is 0. The number of nitrogens with two attached hydrogens (primary N) is 1. The maximum absolute atomic E-state index is 11.9. The van der Waals surface area contributed by atoms with E-state index in [-0.39, 0.29) is 17.9 Å². The van der Waals surface area contributed by atoms with Gasteiger partial charge in [-0.2, -0.15) is 0 Å². The van der Waals surface area contributed by atoms with E-state index in [1.54, 1.807) is 12.1 Å². The van der Waals surface area contributed by atoms with Crippen LogP contribution in [0.15, 0.2) is 24.3 Å². The lowest BCUT2D eigenvalue weighted by Crippen LogP contribution is -2.42. The zero-order chi connectivity index (χ0) is 14.5. The highest BCUT2D eigenvalue weighted by Gasteiger charge is 2.24. The van der Waals surface area contributed by atoms with Crippen molar-refractivity contribution in [3.63, 3.8) is 0 Å². The van der Waals surface area contributed by atoms with Crippen molar-refractivity contribution in [3.8, 4) is 0 Å². The van der Waals surface area contributed by atoms with Crippen LogP contribution in [0.1, 0.15) is 19.8 Å². The number of carbonyl (C=O) groups excluding carboxylic acids is 1. The van der Waals surface area contributed by atoms with Crippen molar-refractivity contribution < 1.29 is 9.90 Å². The number of aliphatic hydroxyl groups is 1. The van der Waals surface area contributed by atoms with Gasteiger partial charge < -0.3 is 21.1 Å². The normalized spacial score (nSPS) is 23.5. The minimum atomic E-state index is -0.202. The molecule has 1 aromatic carbocycles. The molecule has 5 heteroatoms. The van der Waals surface area contributed by atoms with Crippen molar-refractivity contribution in [2.24, 2.45) is 5.92 Å². The van der Waals surface area contributed by atoms with Gasteiger partial charge in [0, 0.05) is 37.4 Å². The van der Waals surface area contributed by atoms with Crippen molar-refractivity contribution in [1.82, 2.24) is 4.90 Å². The van der Waals surface area contributed by atoms with Gasteiger partial charge in [0.05, 0.1) is 6.10 Å². The smallest absolute Gasteiger partial charge is 0.225 e. The average Bonchev–Trinajstić information content (AvgIpc) is 2.40. The third-order valence-electron chi connectivity index (χ3n) is 3.77. The molecule has 0 bridgehead atoms. The summed E-state index contributed by atoms with van der Waals surface area (Å²) in [5.74, 6) is 0.273. The van der Waals surface area contributed by atoms with Gasteiger partial charge in [0.2, 0.25) is 5.91 Å². The van der Waals surface area contributed by atoms with E-state index in [2.05, 4.69) is 10.2 Å². The first kappa shape index (κ1) is 14.8. The summed E-state index contributed by atoms with van der Waals surface area (Å²) in [4.78, 5) is 14.1. The molecule has 1 amide bonds. The second-order valence-electron chi connectivity index (χ2n) is 5.56. The first-order valence-electron chi connectivity index (χ1n) is 7.10. The molecule has 4 N–H and O–H groups in total. The molecule has 20 heavy (non-hydrogen) atoms. The standard InChI is InChI=1S/C15H23N3O2/c1-11-10-18(7-5-14(11)19)8-6-15(20)17-13-4-2-3-12(16)9-13/h2-4,9,11,14,19H,5-8,10,16H2,1H3,(H,17,20). The van der Waals surface area contributed by atoms with Gasteiger partial charge in [-0.05, 0) is 30.5 Å². The van der Waals surface area contributed by atoms with Crippen molar-refractivity contribution in [3.05, 3.63) is 24.3 Å². The zero-order valence-corrected chi connectivity index (χ0v) is 11.9. The molecule has 1 aliphatic rings. The number of nitrogen functional groups attached to an aromatic ring is 1. The van der Waals surface area contributed by atoms with E-state index in [1.807, 2.05) is 19.1 Å². The number of rotatable bonds is 4. The number of anilines is 2. The van der Waals surface area contributed by atoms with Gasteiger partial charge in [0.1, 0.15) is 0 Å². The topological polar surface area (TPSA) is 78.6 Å². The predicted molar refractivity (Wildman–Crippen MR) is 80.3 cm³/mol. The Labute approximate surface area is 119 Å². The molecule has 5 nitrogen and oxygen atoms in total. The van der Waals surface area contributed by atoms with E-state index in [1.165, 1.54) is 0 Å². The zero-order valence-electron chi connectivity index (χ0n) is 11.9. The van der Waals surface area contributed by atoms with Crippen LogP contribution in [0.3, 0.4) is 0 Å². The van der Waals surface area contributed by atoms with Crippen LogP contribution in [0.4, 0.5) is 11.4 Å². The molecule has 0 aliphatic carbocycles. The summed E-state index contributed by atoms with van der Waals surface area (Å²) in [6.45, 7) is 4.48.